The van der Waals surface area contributed by atoms with Crippen LogP contribution in [0.1, 0.15) is 60.3 Å². The number of carbonyl (C=O) groups excluding carboxylic acids is 1. The second-order valence-electron chi connectivity index (χ2n) is 9.56. The lowest BCUT2D eigenvalue weighted by atomic mass is 9.46. The smallest absolute Gasteiger partial charge is 0.309 e. The summed E-state index contributed by atoms with van der Waals surface area (Å²) in [4.78, 5) is 24.3. The molecule has 1 aliphatic carbocycles. The monoisotopic (exact) mass is 382 g/mol. The molecule has 2 N–H and O–H groups in total. The van der Waals surface area contributed by atoms with Gasteiger partial charge in [0.1, 0.15) is 0 Å². The Balaban J connectivity index is 2.58. The van der Waals surface area contributed by atoms with E-state index in [2.05, 4.69) is 6.58 Å². The highest BCUT2D eigenvalue weighted by atomic mass is 16.5. The Hall–Kier alpha value is -1.40. The Morgan fingerprint density at radius 2 is 1.93 bits per heavy atom. The molecule has 0 unspecified atom stereocenters. The van der Waals surface area contributed by atoms with Gasteiger partial charge in [-0.3, -0.25) is 9.59 Å². The summed E-state index contributed by atoms with van der Waals surface area (Å²) in [7, 11) is 1.33. The van der Waals surface area contributed by atoms with Crippen LogP contribution in [-0.2, 0) is 19.1 Å². The van der Waals surface area contributed by atoms with Gasteiger partial charge in [0.05, 0.1) is 36.3 Å². The zero-order valence-corrected chi connectivity index (χ0v) is 17.4. The molecule has 27 heavy (non-hydrogen) atoms. The molecular weight excluding hydrogens is 348 g/mol. The van der Waals surface area contributed by atoms with Crippen LogP contribution < -0.4 is 0 Å². The van der Waals surface area contributed by atoms with Crippen molar-refractivity contribution in [3.8, 4) is 0 Å². The van der Waals surface area contributed by atoms with E-state index in [0.717, 1.165) is 12.8 Å². The molecule has 0 amide bonds. The van der Waals surface area contributed by atoms with Crippen LogP contribution >= 0.6 is 0 Å². The highest BCUT2D eigenvalue weighted by Crippen LogP contribution is 2.62. The third-order valence-corrected chi connectivity index (χ3v) is 7.15. The number of fused-ring (bicyclic) bond motifs is 1. The normalized spacial score (nSPS) is 42.1. The molecule has 0 aromatic carbocycles. The highest BCUT2D eigenvalue weighted by Gasteiger charge is 2.65. The van der Waals surface area contributed by atoms with Crippen LogP contribution in [0.15, 0.2) is 12.7 Å². The van der Waals surface area contributed by atoms with Crippen molar-refractivity contribution in [1.29, 1.82) is 0 Å². The van der Waals surface area contributed by atoms with Crippen LogP contribution in [0.3, 0.4) is 0 Å². The third kappa shape index (κ3) is 3.54. The number of hydrogen-bond donors (Lipinski definition) is 2. The molecule has 1 saturated heterocycles. The van der Waals surface area contributed by atoms with Gasteiger partial charge in [0.15, 0.2) is 0 Å². The van der Waals surface area contributed by atoms with Crippen LogP contribution in [-0.4, -0.2) is 46.6 Å². The molecule has 1 aliphatic heterocycles. The van der Waals surface area contributed by atoms with Gasteiger partial charge < -0.3 is 19.7 Å². The van der Waals surface area contributed by atoms with Gasteiger partial charge in [-0.25, -0.2) is 0 Å². The molecule has 154 valence electrons. The lowest BCUT2D eigenvalue weighted by Crippen LogP contribution is -2.66. The number of carboxylic acid groups (broad SMARTS) is 1. The molecule has 2 aliphatic rings. The summed E-state index contributed by atoms with van der Waals surface area (Å²) in [5.74, 6) is -2.10. The van der Waals surface area contributed by atoms with Gasteiger partial charge in [0.2, 0.25) is 0 Å². The Labute approximate surface area is 161 Å². The maximum absolute atomic E-state index is 12.3. The fourth-order valence-corrected chi connectivity index (χ4v) is 5.99. The second-order valence-corrected chi connectivity index (χ2v) is 9.56. The first-order valence-electron chi connectivity index (χ1n) is 9.58. The van der Waals surface area contributed by atoms with Crippen molar-refractivity contribution in [2.75, 3.05) is 7.11 Å². The minimum absolute atomic E-state index is 0.0381. The Kier molecular flexibility index (Phi) is 5.59. The van der Waals surface area contributed by atoms with Crippen LogP contribution in [0.25, 0.3) is 0 Å². The number of aliphatic carboxylic acids is 1. The summed E-state index contributed by atoms with van der Waals surface area (Å²) in [6, 6.07) is 0. The van der Waals surface area contributed by atoms with E-state index in [1.54, 1.807) is 19.9 Å². The zero-order chi connectivity index (χ0) is 20.8. The van der Waals surface area contributed by atoms with Crippen LogP contribution in [0.2, 0.25) is 0 Å². The number of rotatable bonds is 5. The second kappa shape index (κ2) is 6.89. The molecule has 0 aromatic heterocycles. The topological polar surface area (TPSA) is 93.1 Å². The van der Waals surface area contributed by atoms with Gasteiger partial charge >= 0.3 is 11.9 Å². The van der Waals surface area contributed by atoms with Gasteiger partial charge in [-0.2, -0.15) is 0 Å². The summed E-state index contributed by atoms with van der Waals surface area (Å²) >= 11 is 0. The van der Waals surface area contributed by atoms with Gasteiger partial charge in [0, 0.05) is 12.3 Å². The molecule has 0 radical (unpaired) electrons. The first-order chi connectivity index (χ1) is 12.3. The largest absolute Gasteiger partial charge is 0.481 e. The number of ether oxygens (including phenoxy) is 2. The van der Waals surface area contributed by atoms with Gasteiger partial charge in [-0.15, -0.1) is 6.58 Å². The van der Waals surface area contributed by atoms with Gasteiger partial charge in [0.25, 0.3) is 0 Å². The minimum Gasteiger partial charge on any atom is -0.481 e. The van der Waals surface area contributed by atoms with Crippen molar-refractivity contribution in [3.63, 3.8) is 0 Å². The average Bonchev–Trinajstić information content (AvgIpc) is 2.52. The van der Waals surface area contributed by atoms with E-state index in [4.69, 9.17) is 9.47 Å². The van der Waals surface area contributed by atoms with E-state index in [1.165, 1.54) is 7.11 Å². The molecule has 6 heteroatoms. The third-order valence-electron chi connectivity index (χ3n) is 7.15. The highest BCUT2D eigenvalue weighted by molar-refractivity contribution is 5.75. The first kappa shape index (κ1) is 21.9. The predicted octanol–water partition coefficient (Wildman–Crippen LogP) is 3.18. The standard InChI is InChI=1S/C21H34O6/c1-8-19(4)10-9-14-20(5,12-15(23)26-7)16(18(2,3)17(24)25)13(22)11-21(14,6)27-19/h8,13-14,16,22H,1,9-12H2,2-7H3,(H,24,25)/t13-,14+,16-,19+,20+,21+/m1/s1. The number of aliphatic hydroxyl groups excluding tert-OH is 1. The van der Waals surface area contributed by atoms with E-state index in [1.807, 2.05) is 20.8 Å². The van der Waals surface area contributed by atoms with Crippen molar-refractivity contribution < 1.29 is 29.3 Å². The molecule has 6 atom stereocenters. The molecule has 0 spiro atoms. The summed E-state index contributed by atoms with van der Waals surface area (Å²) in [6.45, 7) is 13.0. The van der Waals surface area contributed by atoms with Crippen molar-refractivity contribution in [1.82, 2.24) is 0 Å². The minimum atomic E-state index is -1.21. The molecule has 1 saturated carbocycles. The van der Waals surface area contributed by atoms with Crippen LogP contribution in [0.4, 0.5) is 0 Å². The lowest BCUT2D eigenvalue weighted by Gasteiger charge is -2.63. The molecule has 1 heterocycles. The molecule has 0 aromatic rings. The number of aliphatic hydroxyl groups is 1. The van der Waals surface area contributed by atoms with Crippen molar-refractivity contribution in [2.24, 2.45) is 22.7 Å². The van der Waals surface area contributed by atoms with Crippen LogP contribution in [0.5, 0.6) is 0 Å². The van der Waals surface area contributed by atoms with E-state index in [-0.39, 0.29) is 12.3 Å². The molecule has 6 nitrogen and oxygen atoms in total. The Morgan fingerprint density at radius 3 is 2.41 bits per heavy atom. The van der Waals surface area contributed by atoms with Gasteiger partial charge in [-0.1, -0.05) is 13.0 Å². The van der Waals surface area contributed by atoms with Crippen molar-refractivity contribution >= 4 is 11.9 Å². The number of carbonyl (C=O) groups is 2. The zero-order valence-electron chi connectivity index (χ0n) is 17.4. The van der Waals surface area contributed by atoms with E-state index < -0.39 is 46.0 Å². The summed E-state index contributed by atoms with van der Waals surface area (Å²) in [6.07, 6.45) is 2.70. The maximum Gasteiger partial charge on any atom is 0.309 e. The van der Waals surface area contributed by atoms with Crippen LogP contribution in [0, 0.1) is 22.7 Å². The van der Waals surface area contributed by atoms with Gasteiger partial charge in [-0.05, 0) is 51.9 Å². The summed E-state index contributed by atoms with van der Waals surface area (Å²) in [5, 5.41) is 20.9. The Bertz CT molecular complexity index is 628. The summed E-state index contributed by atoms with van der Waals surface area (Å²) in [5.41, 5.74) is -3.19. The molecule has 2 rings (SSSR count). The SMILES string of the molecule is C=C[C@@]1(C)CC[C@H]2[C@](C)(CC(=O)OC)[C@@H](C(C)(C)C(=O)O)[C@H](O)C[C@]2(C)O1. The molecule has 2 fully saturated rings. The van der Waals surface area contributed by atoms with E-state index >= 15 is 0 Å². The number of esters is 1. The molecule has 0 bridgehead atoms. The first-order valence-corrected chi connectivity index (χ1v) is 9.58. The lowest BCUT2D eigenvalue weighted by molar-refractivity contribution is -0.270. The van der Waals surface area contributed by atoms with Crippen molar-refractivity contribution in [2.45, 2.75) is 77.6 Å². The summed E-state index contributed by atoms with van der Waals surface area (Å²) < 4.78 is 11.4. The van der Waals surface area contributed by atoms with E-state index in [9.17, 15) is 19.8 Å². The Morgan fingerprint density at radius 1 is 1.33 bits per heavy atom. The molecular formula is C21H34O6. The number of carboxylic acids is 1. The average molecular weight is 382 g/mol. The fraction of sp³-hybridized carbons (Fsp3) is 0.810. The van der Waals surface area contributed by atoms with E-state index in [0.29, 0.717) is 6.42 Å². The van der Waals surface area contributed by atoms with Crippen molar-refractivity contribution in [3.05, 3.63) is 12.7 Å². The fourth-order valence-electron chi connectivity index (χ4n) is 5.99. The quantitative estimate of drug-likeness (QED) is 0.560. The predicted molar refractivity (Wildman–Crippen MR) is 101 cm³/mol. The number of hydrogen-bond acceptors (Lipinski definition) is 5. The maximum atomic E-state index is 12.3. The number of methoxy groups -OCH3 is 1.